The van der Waals surface area contributed by atoms with Crippen LogP contribution < -0.4 is 15.6 Å². The molecule has 0 bridgehead atoms. The summed E-state index contributed by atoms with van der Waals surface area (Å²) < 4.78 is 30.2. The lowest BCUT2D eigenvalue weighted by molar-refractivity contribution is 0.0694. The number of anilines is 1. The summed E-state index contributed by atoms with van der Waals surface area (Å²) in [7, 11) is 0. The van der Waals surface area contributed by atoms with Gasteiger partial charge in [0.2, 0.25) is 5.43 Å². The largest absolute Gasteiger partial charge is 0.477 e. The number of alkyl halides is 1. The van der Waals surface area contributed by atoms with E-state index < -0.39 is 35.0 Å². The van der Waals surface area contributed by atoms with Gasteiger partial charge in [-0.05, 0) is 17.2 Å². The van der Waals surface area contributed by atoms with Crippen LogP contribution in [0.15, 0.2) is 28.2 Å². The number of nitrogens with one attached hydrogen (secondary N) is 1. The summed E-state index contributed by atoms with van der Waals surface area (Å²) in [6.45, 7) is 2.54. The fourth-order valence-corrected chi connectivity index (χ4v) is 4.61. The van der Waals surface area contributed by atoms with E-state index >= 15 is 4.39 Å². The Morgan fingerprint density at radius 1 is 1.29 bits per heavy atom. The molecule has 0 spiro atoms. The van der Waals surface area contributed by atoms with E-state index in [0.29, 0.717) is 13.1 Å². The van der Waals surface area contributed by atoms with E-state index in [-0.39, 0.29) is 28.0 Å². The van der Waals surface area contributed by atoms with Crippen LogP contribution in [0.5, 0.6) is 0 Å². The molecular weight excluding hydrogens is 392 g/mol. The molecule has 1 aromatic carbocycles. The molecular formula is C19H16ClF2N3O3. The molecule has 6 nitrogen and oxygen atoms in total. The summed E-state index contributed by atoms with van der Waals surface area (Å²) in [5, 5.41) is 12.4. The van der Waals surface area contributed by atoms with Crippen LogP contribution in [0.4, 0.5) is 14.5 Å². The second kappa shape index (κ2) is 6.02. The van der Waals surface area contributed by atoms with Crippen molar-refractivity contribution in [2.75, 3.05) is 31.1 Å². The maximum Gasteiger partial charge on any atom is 0.341 e. The van der Waals surface area contributed by atoms with Crippen LogP contribution in [0.3, 0.4) is 0 Å². The molecule has 1 aromatic heterocycles. The highest BCUT2D eigenvalue weighted by Gasteiger charge is 2.41. The van der Waals surface area contributed by atoms with E-state index in [0.717, 1.165) is 25.4 Å². The zero-order chi connectivity index (χ0) is 19.7. The van der Waals surface area contributed by atoms with Gasteiger partial charge in [-0.15, -0.1) is 0 Å². The highest BCUT2D eigenvalue weighted by molar-refractivity contribution is 6.38. The van der Waals surface area contributed by atoms with Gasteiger partial charge in [0.15, 0.2) is 0 Å². The van der Waals surface area contributed by atoms with E-state index in [2.05, 4.69) is 5.32 Å². The van der Waals surface area contributed by atoms with E-state index in [1.165, 1.54) is 15.7 Å². The van der Waals surface area contributed by atoms with Crippen molar-refractivity contribution in [3.63, 3.8) is 0 Å². The molecule has 1 aliphatic carbocycles. The topological polar surface area (TPSA) is 74.6 Å². The minimum absolute atomic E-state index is 0.0114. The molecule has 2 atom stereocenters. The highest BCUT2D eigenvalue weighted by Crippen LogP contribution is 2.44. The number of carboxylic acid groups (broad SMARTS) is 1. The number of carbonyl (C=O) groups is 1. The Morgan fingerprint density at radius 2 is 1.93 bits per heavy atom. The smallest absolute Gasteiger partial charge is 0.341 e. The second-order valence-electron chi connectivity index (χ2n) is 7.49. The molecule has 0 unspecified atom stereocenters. The van der Waals surface area contributed by atoms with Crippen molar-refractivity contribution >= 4 is 34.2 Å². The van der Waals surface area contributed by atoms with E-state index in [4.69, 9.17) is 11.6 Å². The lowest BCUT2D eigenvalue weighted by Crippen LogP contribution is -2.28. The molecule has 5 rings (SSSR count). The zero-order valence-electron chi connectivity index (χ0n) is 14.6. The van der Waals surface area contributed by atoms with Crippen molar-refractivity contribution < 1.29 is 18.7 Å². The number of nitrogens with zero attached hydrogens (tertiary/aromatic N) is 2. The van der Waals surface area contributed by atoms with Crippen molar-refractivity contribution in [1.29, 1.82) is 0 Å². The molecule has 0 amide bonds. The third-order valence-corrected chi connectivity index (χ3v) is 6.07. The van der Waals surface area contributed by atoms with Crippen molar-refractivity contribution in [3.8, 4) is 0 Å². The Bertz CT molecular complexity index is 1130. The van der Waals surface area contributed by atoms with Crippen molar-refractivity contribution in [1.82, 2.24) is 9.88 Å². The number of rotatable bonds is 3. The molecule has 9 heteroatoms. The predicted octanol–water partition coefficient (Wildman–Crippen LogP) is 2.49. The van der Waals surface area contributed by atoms with Gasteiger partial charge in [-0.2, -0.15) is 0 Å². The number of benzene rings is 1. The molecule has 28 heavy (non-hydrogen) atoms. The molecule has 0 saturated heterocycles. The fourth-order valence-electron chi connectivity index (χ4n) is 4.20. The maximum absolute atomic E-state index is 15.0. The first-order valence-electron chi connectivity index (χ1n) is 8.96. The summed E-state index contributed by atoms with van der Waals surface area (Å²) in [6.07, 6.45) is 0.169. The van der Waals surface area contributed by atoms with Crippen molar-refractivity contribution in [2.45, 2.75) is 18.6 Å². The first-order valence-corrected chi connectivity index (χ1v) is 9.34. The first kappa shape index (κ1) is 17.6. The maximum atomic E-state index is 15.0. The average Bonchev–Trinajstić information content (AvgIpc) is 3.00. The van der Waals surface area contributed by atoms with Gasteiger partial charge in [0.25, 0.3) is 0 Å². The zero-order valence-corrected chi connectivity index (χ0v) is 15.4. The van der Waals surface area contributed by atoms with Gasteiger partial charge in [-0.3, -0.25) is 4.79 Å². The van der Waals surface area contributed by atoms with Crippen LogP contribution >= 0.6 is 11.6 Å². The molecule has 2 aliphatic heterocycles. The Balaban J connectivity index is 1.73. The number of aromatic carboxylic acids is 1. The number of fused-ring (bicyclic) bond motifs is 1. The van der Waals surface area contributed by atoms with Gasteiger partial charge in [-0.25, -0.2) is 13.6 Å². The summed E-state index contributed by atoms with van der Waals surface area (Å²) in [6, 6.07) is 0.418. The third-order valence-electron chi connectivity index (χ3n) is 5.71. The second-order valence-corrected chi connectivity index (χ2v) is 7.87. The Morgan fingerprint density at radius 3 is 2.50 bits per heavy atom. The van der Waals surface area contributed by atoms with E-state index in [1.807, 2.05) is 4.90 Å². The quantitative estimate of drug-likeness (QED) is 0.765. The van der Waals surface area contributed by atoms with Crippen LogP contribution in [0.2, 0.25) is 5.02 Å². The molecule has 0 radical (unpaired) electrons. The number of halogens is 3. The molecule has 2 N–H and O–H groups in total. The number of hydrogen-bond donors (Lipinski definition) is 2. The third kappa shape index (κ3) is 2.48. The highest BCUT2D eigenvalue weighted by atomic mass is 35.5. The van der Waals surface area contributed by atoms with Gasteiger partial charge >= 0.3 is 5.97 Å². The standard InChI is InChI=1S/C19H16ClF2N3O3/c20-15-16-10(18(26)11(19(27)28)7-25(16)14-2-12(14)21)1-13(22)17(15)24-5-8-3-23-4-9(8)6-24/h1,7,12,14,23H,2-6H2,(H,27,28)/t12-,14+/m0/s1. The normalized spacial score (nSPS) is 23.6. The van der Waals surface area contributed by atoms with Crippen LogP contribution in [-0.4, -0.2) is 48.0 Å². The van der Waals surface area contributed by atoms with Gasteiger partial charge in [0.05, 0.1) is 27.7 Å². The summed E-state index contributed by atoms with van der Waals surface area (Å²) in [4.78, 5) is 25.9. The van der Waals surface area contributed by atoms with Crippen LogP contribution in [-0.2, 0) is 0 Å². The first-order chi connectivity index (χ1) is 13.4. The monoisotopic (exact) mass is 407 g/mol. The summed E-state index contributed by atoms with van der Waals surface area (Å²) in [5.74, 6) is -2.13. The molecule has 3 aliphatic rings. The van der Waals surface area contributed by atoms with Crippen LogP contribution in [0, 0.1) is 5.82 Å². The molecule has 2 aromatic rings. The summed E-state index contributed by atoms with van der Waals surface area (Å²) >= 11 is 6.57. The Kier molecular flexibility index (Phi) is 3.79. The number of hydrogen-bond acceptors (Lipinski definition) is 4. The molecule has 1 saturated carbocycles. The Labute approximate surface area is 163 Å². The molecule has 1 fully saturated rings. The lowest BCUT2D eigenvalue weighted by Gasteiger charge is -2.24. The minimum atomic E-state index is -1.44. The SMILES string of the molecule is O=C(O)c1cn([C@@H]2C[C@@H]2F)c2c(Cl)c(N3CC4=C(CNC4)C3)c(F)cc2c1=O. The van der Waals surface area contributed by atoms with E-state index in [9.17, 15) is 19.1 Å². The molecule has 3 heterocycles. The number of carboxylic acids is 1. The fraction of sp³-hybridized carbons (Fsp3) is 0.368. The van der Waals surface area contributed by atoms with Gasteiger partial charge < -0.3 is 19.9 Å². The Hall–Kier alpha value is -2.45. The van der Waals surface area contributed by atoms with Crippen LogP contribution in [0.25, 0.3) is 10.9 Å². The van der Waals surface area contributed by atoms with Crippen LogP contribution in [0.1, 0.15) is 22.8 Å². The summed E-state index contributed by atoms with van der Waals surface area (Å²) in [5.41, 5.74) is 1.38. The average molecular weight is 408 g/mol. The molecule has 146 valence electrons. The number of aromatic nitrogens is 1. The van der Waals surface area contributed by atoms with Gasteiger partial charge in [0.1, 0.15) is 17.6 Å². The van der Waals surface area contributed by atoms with Crippen molar-refractivity contribution in [3.05, 3.63) is 50.0 Å². The lowest BCUT2D eigenvalue weighted by atomic mass is 10.1. The van der Waals surface area contributed by atoms with Crippen molar-refractivity contribution in [2.24, 2.45) is 0 Å². The predicted molar refractivity (Wildman–Crippen MR) is 101 cm³/mol. The minimum Gasteiger partial charge on any atom is -0.477 e. The van der Waals surface area contributed by atoms with Gasteiger partial charge in [0, 0.05) is 38.8 Å². The van der Waals surface area contributed by atoms with E-state index in [1.54, 1.807) is 0 Å². The van der Waals surface area contributed by atoms with Gasteiger partial charge in [-0.1, -0.05) is 11.6 Å². The number of pyridine rings is 1.